The largest absolute Gasteiger partial charge is 0.494 e. The molecule has 2 aromatic carbocycles. The summed E-state index contributed by atoms with van der Waals surface area (Å²) in [5, 5.41) is 0. The van der Waals surface area contributed by atoms with E-state index in [4.69, 9.17) is 9.47 Å². The van der Waals surface area contributed by atoms with Crippen molar-refractivity contribution in [2.75, 3.05) is 6.61 Å². The van der Waals surface area contributed by atoms with Crippen molar-refractivity contribution in [3.63, 3.8) is 0 Å². The minimum Gasteiger partial charge on any atom is -0.494 e. The Kier molecular flexibility index (Phi) is 5.39. The Bertz CT molecular complexity index is 724. The summed E-state index contributed by atoms with van der Waals surface area (Å²) >= 11 is 0. The van der Waals surface area contributed by atoms with Crippen LogP contribution in [0.25, 0.3) is 11.1 Å². The highest BCUT2D eigenvalue weighted by Crippen LogP contribution is 2.28. The zero-order chi connectivity index (χ0) is 17.7. The molecule has 0 aliphatic rings. The van der Waals surface area contributed by atoms with Gasteiger partial charge < -0.3 is 9.47 Å². The number of esters is 1. The van der Waals surface area contributed by atoms with Crippen LogP contribution in [0.2, 0.25) is 0 Å². The van der Waals surface area contributed by atoms with Gasteiger partial charge in [-0.15, -0.1) is 0 Å². The first-order chi connectivity index (χ1) is 11.3. The third-order valence-corrected chi connectivity index (χ3v) is 3.29. The summed E-state index contributed by atoms with van der Waals surface area (Å²) in [5.74, 6) is 0.335. The summed E-state index contributed by atoms with van der Waals surface area (Å²) in [4.78, 5) is 23.4. The van der Waals surface area contributed by atoms with Crippen LogP contribution in [-0.4, -0.2) is 24.5 Å². The van der Waals surface area contributed by atoms with Crippen molar-refractivity contribution in [1.82, 2.24) is 0 Å². The van der Waals surface area contributed by atoms with E-state index < -0.39 is 5.60 Å². The van der Waals surface area contributed by atoms with Crippen LogP contribution in [0.3, 0.4) is 0 Å². The molecular weight excluding hydrogens is 304 g/mol. The number of carbonyl (C=O) groups is 2. The summed E-state index contributed by atoms with van der Waals surface area (Å²) in [6, 6.07) is 12.3. The SMILES string of the molecule is CCOc1ccc(C=O)c(-c2ccc(C(=O)OC(C)(C)C)cc2)c1. The van der Waals surface area contributed by atoms with Crippen molar-refractivity contribution in [3.8, 4) is 16.9 Å². The number of benzene rings is 2. The Hall–Kier alpha value is -2.62. The molecule has 0 N–H and O–H groups in total. The summed E-state index contributed by atoms with van der Waals surface area (Å²) in [6.45, 7) is 7.94. The predicted molar refractivity (Wildman–Crippen MR) is 93.6 cm³/mol. The quantitative estimate of drug-likeness (QED) is 0.599. The van der Waals surface area contributed by atoms with E-state index in [9.17, 15) is 9.59 Å². The standard InChI is InChI=1S/C20H22O4/c1-5-23-17-11-10-16(13-21)18(12-17)14-6-8-15(9-7-14)19(22)24-20(2,3)4/h6-13H,5H2,1-4H3. The average molecular weight is 326 g/mol. The molecule has 0 saturated carbocycles. The van der Waals surface area contributed by atoms with E-state index in [1.807, 2.05) is 33.8 Å². The average Bonchev–Trinajstić information content (AvgIpc) is 2.53. The Labute approximate surface area is 142 Å². The van der Waals surface area contributed by atoms with Gasteiger partial charge in [0.15, 0.2) is 6.29 Å². The first kappa shape index (κ1) is 17.7. The molecule has 0 atom stereocenters. The number of ether oxygens (including phenoxy) is 2. The van der Waals surface area contributed by atoms with Gasteiger partial charge in [0.2, 0.25) is 0 Å². The molecule has 0 bridgehead atoms. The van der Waals surface area contributed by atoms with Gasteiger partial charge >= 0.3 is 5.97 Å². The molecule has 0 radical (unpaired) electrons. The molecule has 0 aliphatic carbocycles. The van der Waals surface area contributed by atoms with Crippen LogP contribution >= 0.6 is 0 Å². The van der Waals surface area contributed by atoms with Crippen molar-refractivity contribution in [3.05, 3.63) is 53.6 Å². The maximum atomic E-state index is 12.1. The van der Waals surface area contributed by atoms with E-state index in [2.05, 4.69) is 0 Å². The molecule has 0 unspecified atom stereocenters. The lowest BCUT2D eigenvalue weighted by Crippen LogP contribution is -2.23. The van der Waals surface area contributed by atoms with E-state index in [0.717, 1.165) is 17.4 Å². The van der Waals surface area contributed by atoms with Gasteiger partial charge in [-0.3, -0.25) is 4.79 Å². The van der Waals surface area contributed by atoms with E-state index >= 15 is 0 Å². The normalized spacial score (nSPS) is 11.0. The lowest BCUT2D eigenvalue weighted by Gasteiger charge is -2.19. The third-order valence-electron chi connectivity index (χ3n) is 3.29. The lowest BCUT2D eigenvalue weighted by molar-refractivity contribution is 0.00695. The van der Waals surface area contributed by atoms with Crippen LogP contribution in [0.5, 0.6) is 5.75 Å². The molecule has 0 spiro atoms. The Morgan fingerprint density at radius 1 is 1.08 bits per heavy atom. The predicted octanol–water partition coefficient (Wildman–Crippen LogP) is 4.52. The molecule has 126 valence electrons. The van der Waals surface area contributed by atoms with E-state index in [1.54, 1.807) is 36.4 Å². The topological polar surface area (TPSA) is 52.6 Å². The van der Waals surface area contributed by atoms with Crippen LogP contribution in [0.4, 0.5) is 0 Å². The van der Waals surface area contributed by atoms with Gasteiger partial charge in [0.25, 0.3) is 0 Å². The molecule has 0 amide bonds. The second-order valence-electron chi connectivity index (χ2n) is 6.38. The first-order valence-electron chi connectivity index (χ1n) is 7.90. The fraction of sp³-hybridized carbons (Fsp3) is 0.300. The fourth-order valence-electron chi connectivity index (χ4n) is 2.27. The highest BCUT2D eigenvalue weighted by atomic mass is 16.6. The van der Waals surface area contributed by atoms with Crippen LogP contribution < -0.4 is 4.74 Å². The molecule has 0 fully saturated rings. The number of carbonyl (C=O) groups excluding carboxylic acids is 2. The molecule has 2 aromatic rings. The first-order valence-corrected chi connectivity index (χ1v) is 7.90. The van der Waals surface area contributed by atoms with Crippen molar-refractivity contribution >= 4 is 12.3 Å². The fourth-order valence-corrected chi connectivity index (χ4v) is 2.27. The third kappa shape index (κ3) is 4.44. The zero-order valence-corrected chi connectivity index (χ0v) is 14.5. The van der Waals surface area contributed by atoms with E-state index in [0.29, 0.717) is 23.5 Å². The molecule has 2 rings (SSSR count). The minimum absolute atomic E-state index is 0.368. The van der Waals surface area contributed by atoms with Gasteiger partial charge in [-0.05, 0) is 69.2 Å². The number of rotatable bonds is 5. The number of hydrogen-bond acceptors (Lipinski definition) is 4. The van der Waals surface area contributed by atoms with Gasteiger partial charge in [-0.25, -0.2) is 4.79 Å². The van der Waals surface area contributed by atoms with Gasteiger partial charge in [-0.1, -0.05) is 12.1 Å². The van der Waals surface area contributed by atoms with Crippen molar-refractivity contribution in [1.29, 1.82) is 0 Å². The van der Waals surface area contributed by atoms with Crippen molar-refractivity contribution in [2.24, 2.45) is 0 Å². The number of aldehydes is 1. The maximum absolute atomic E-state index is 12.1. The van der Waals surface area contributed by atoms with E-state index in [1.165, 1.54) is 0 Å². The van der Waals surface area contributed by atoms with E-state index in [-0.39, 0.29) is 5.97 Å². The monoisotopic (exact) mass is 326 g/mol. The molecule has 4 nitrogen and oxygen atoms in total. The van der Waals surface area contributed by atoms with Crippen LogP contribution in [-0.2, 0) is 4.74 Å². The molecule has 24 heavy (non-hydrogen) atoms. The minimum atomic E-state index is -0.535. The second-order valence-corrected chi connectivity index (χ2v) is 6.38. The summed E-state index contributed by atoms with van der Waals surface area (Å²) in [6.07, 6.45) is 0.812. The Morgan fingerprint density at radius 3 is 2.29 bits per heavy atom. The second kappa shape index (κ2) is 7.30. The summed E-state index contributed by atoms with van der Waals surface area (Å²) in [5.41, 5.74) is 2.12. The van der Waals surface area contributed by atoms with Gasteiger partial charge in [0.1, 0.15) is 11.4 Å². The van der Waals surface area contributed by atoms with Crippen LogP contribution in [0, 0.1) is 0 Å². The van der Waals surface area contributed by atoms with Crippen LogP contribution in [0.1, 0.15) is 48.4 Å². The molecule has 0 aromatic heterocycles. The highest BCUT2D eigenvalue weighted by Gasteiger charge is 2.18. The van der Waals surface area contributed by atoms with Gasteiger partial charge in [-0.2, -0.15) is 0 Å². The highest BCUT2D eigenvalue weighted by molar-refractivity contribution is 5.92. The van der Waals surface area contributed by atoms with Crippen molar-refractivity contribution in [2.45, 2.75) is 33.3 Å². The zero-order valence-electron chi connectivity index (χ0n) is 14.5. The summed E-state index contributed by atoms with van der Waals surface area (Å²) < 4.78 is 10.8. The molecule has 4 heteroatoms. The molecule has 0 saturated heterocycles. The molecular formula is C20H22O4. The Morgan fingerprint density at radius 2 is 1.75 bits per heavy atom. The van der Waals surface area contributed by atoms with Crippen molar-refractivity contribution < 1.29 is 19.1 Å². The smallest absolute Gasteiger partial charge is 0.338 e. The summed E-state index contributed by atoms with van der Waals surface area (Å²) in [7, 11) is 0. The molecule has 0 heterocycles. The Balaban J connectivity index is 2.32. The molecule has 0 aliphatic heterocycles. The maximum Gasteiger partial charge on any atom is 0.338 e. The lowest BCUT2D eigenvalue weighted by atomic mass is 9.99. The number of hydrogen-bond donors (Lipinski definition) is 0. The van der Waals surface area contributed by atoms with Crippen LogP contribution in [0.15, 0.2) is 42.5 Å². The van der Waals surface area contributed by atoms with Gasteiger partial charge in [0, 0.05) is 5.56 Å². The van der Waals surface area contributed by atoms with Gasteiger partial charge in [0.05, 0.1) is 12.2 Å².